The lowest BCUT2D eigenvalue weighted by Crippen LogP contribution is -2.21. The van der Waals surface area contributed by atoms with Gasteiger partial charge in [-0.05, 0) is 44.2 Å². The van der Waals surface area contributed by atoms with Crippen molar-refractivity contribution in [2.45, 2.75) is 32.2 Å². The van der Waals surface area contributed by atoms with E-state index >= 15 is 0 Å². The van der Waals surface area contributed by atoms with E-state index in [2.05, 4.69) is 24.0 Å². The van der Waals surface area contributed by atoms with Gasteiger partial charge in [0.25, 0.3) is 0 Å². The molecule has 2 N–H and O–H groups in total. The molecule has 2 atom stereocenters. The Labute approximate surface area is 110 Å². The van der Waals surface area contributed by atoms with Crippen LogP contribution in [0.2, 0.25) is 0 Å². The predicted molar refractivity (Wildman–Crippen MR) is 76.2 cm³/mol. The fraction of sp³-hybridized carbons (Fsp3) is 0.600. The van der Waals surface area contributed by atoms with Crippen molar-refractivity contribution in [2.24, 2.45) is 11.7 Å². The second-order valence-electron chi connectivity index (χ2n) is 5.33. The monoisotopic (exact) mass is 248 g/mol. The van der Waals surface area contributed by atoms with Gasteiger partial charge >= 0.3 is 0 Å². The molecule has 2 rings (SSSR count). The third-order valence-corrected chi connectivity index (χ3v) is 3.74. The average Bonchev–Trinajstić information content (AvgIpc) is 2.85. The first-order chi connectivity index (χ1) is 8.70. The van der Waals surface area contributed by atoms with Crippen molar-refractivity contribution < 1.29 is 4.74 Å². The molecule has 1 aromatic rings. The molecule has 0 aromatic heterocycles. The van der Waals surface area contributed by atoms with Crippen LogP contribution in [0.1, 0.15) is 26.2 Å². The molecule has 3 nitrogen and oxygen atoms in total. The standard InChI is InChI=1S/C15H24N2O/c1-12(16)7-8-13-9-10-17(11-13)14-5-3-4-6-15(14)18-2/h3-6,12-13H,7-11,16H2,1-2H3. The molecule has 0 aliphatic carbocycles. The molecule has 0 saturated carbocycles. The molecule has 1 fully saturated rings. The summed E-state index contributed by atoms with van der Waals surface area (Å²) in [6, 6.07) is 8.60. The van der Waals surface area contributed by atoms with Crippen molar-refractivity contribution in [3.63, 3.8) is 0 Å². The van der Waals surface area contributed by atoms with Gasteiger partial charge in [0, 0.05) is 19.1 Å². The van der Waals surface area contributed by atoms with E-state index < -0.39 is 0 Å². The quantitative estimate of drug-likeness (QED) is 0.870. The highest BCUT2D eigenvalue weighted by molar-refractivity contribution is 5.58. The van der Waals surface area contributed by atoms with E-state index in [0.717, 1.165) is 31.2 Å². The lowest BCUT2D eigenvalue weighted by atomic mass is 10.0. The number of rotatable bonds is 5. The summed E-state index contributed by atoms with van der Waals surface area (Å²) in [6.45, 7) is 4.35. The Morgan fingerprint density at radius 3 is 2.94 bits per heavy atom. The van der Waals surface area contributed by atoms with Crippen LogP contribution < -0.4 is 15.4 Å². The van der Waals surface area contributed by atoms with Gasteiger partial charge in [-0.3, -0.25) is 0 Å². The van der Waals surface area contributed by atoms with Gasteiger partial charge < -0.3 is 15.4 Å². The van der Waals surface area contributed by atoms with Crippen LogP contribution in [0.25, 0.3) is 0 Å². The molecule has 1 aliphatic rings. The fourth-order valence-electron chi connectivity index (χ4n) is 2.68. The molecule has 1 aliphatic heterocycles. The molecule has 18 heavy (non-hydrogen) atoms. The number of ether oxygens (including phenoxy) is 1. The highest BCUT2D eigenvalue weighted by Crippen LogP contribution is 2.33. The SMILES string of the molecule is COc1ccccc1N1CCC(CCC(C)N)C1. The summed E-state index contributed by atoms with van der Waals surface area (Å²) in [6.07, 6.45) is 3.64. The molecule has 0 bridgehead atoms. The molecular formula is C15H24N2O. The highest BCUT2D eigenvalue weighted by Gasteiger charge is 2.24. The number of para-hydroxylation sites is 2. The van der Waals surface area contributed by atoms with Gasteiger partial charge in [-0.1, -0.05) is 12.1 Å². The summed E-state index contributed by atoms with van der Waals surface area (Å²) in [4.78, 5) is 2.44. The number of nitrogens with zero attached hydrogens (tertiary/aromatic N) is 1. The van der Waals surface area contributed by atoms with Crippen molar-refractivity contribution in [2.75, 3.05) is 25.1 Å². The molecular weight excluding hydrogens is 224 g/mol. The number of hydrogen-bond donors (Lipinski definition) is 1. The fourth-order valence-corrected chi connectivity index (χ4v) is 2.68. The molecule has 0 spiro atoms. The minimum Gasteiger partial charge on any atom is -0.495 e. The van der Waals surface area contributed by atoms with Crippen LogP contribution in [0.5, 0.6) is 5.75 Å². The van der Waals surface area contributed by atoms with Gasteiger partial charge in [0.15, 0.2) is 0 Å². The molecule has 1 heterocycles. The molecule has 2 unspecified atom stereocenters. The van der Waals surface area contributed by atoms with E-state index in [1.54, 1.807) is 7.11 Å². The molecule has 3 heteroatoms. The minimum absolute atomic E-state index is 0.324. The van der Waals surface area contributed by atoms with Crippen LogP contribution in [-0.4, -0.2) is 26.2 Å². The van der Waals surface area contributed by atoms with E-state index in [1.165, 1.54) is 18.5 Å². The molecule has 1 aromatic carbocycles. The second kappa shape index (κ2) is 6.10. The van der Waals surface area contributed by atoms with E-state index in [9.17, 15) is 0 Å². The van der Waals surface area contributed by atoms with Gasteiger partial charge in [0.1, 0.15) is 5.75 Å². The maximum Gasteiger partial charge on any atom is 0.142 e. The van der Waals surface area contributed by atoms with Crippen molar-refractivity contribution in [1.82, 2.24) is 0 Å². The normalized spacial score (nSPS) is 21.1. The summed E-state index contributed by atoms with van der Waals surface area (Å²) < 4.78 is 5.43. The van der Waals surface area contributed by atoms with Crippen LogP contribution in [0.4, 0.5) is 5.69 Å². The predicted octanol–water partition coefficient (Wildman–Crippen LogP) is 2.65. The lowest BCUT2D eigenvalue weighted by Gasteiger charge is -2.21. The topological polar surface area (TPSA) is 38.5 Å². The molecule has 100 valence electrons. The number of nitrogens with two attached hydrogens (primary N) is 1. The lowest BCUT2D eigenvalue weighted by molar-refractivity contribution is 0.414. The number of benzene rings is 1. The third kappa shape index (κ3) is 3.16. The van der Waals surface area contributed by atoms with E-state index in [0.29, 0.717) is 6.04 Å². The average molecular weight is 248 g/mol. The molecule has 1 saturated heterocycles. The van der Waals surface area contributed by atoms with Crippen LogP contribution in [0, 0.1) is 5.92 Å². The first-order valence-corrected chi connectivity index (χ1v) is 6.84. The Kier molecular flexibility index (Phi) is 4.48. The van der Waals surface area contributed by atoms with E-state index in [-0.39, 0.29) is 0 Å². The summed E-state index contributed by atoms with van der Waals surface area (Å²) in [7, 11) is 1.74. The van der Waals surface area contributed by atoms with Crippen molar-refractivity contribution in [3.05, 3.63) is 24.3 Å². The van der Waals surface area contributed by atoms with Gasteiger partial charge in [-0.25, -0.2) is 0 Å². The van der Waals surface area contributed by atoms with E-state index in [4.69, 9.17) is 10.5 Å². The Hall–Kier alpha value is -1.22. The summed E-state index contributed by atoms with van der Waals surface area (Å²) in [5.41, 5.74) is 7.05. The Balaban J connectivity index is 1.95. The highest BCUT2D eigenvalue weighted by atomic mass is 16.5. The maximum atomic E-state index is 5.83. The summed E-state index contributed by atoms with van der Waals surface area (Å²) in [5, 5.41) is 0. The second-order valence-corrected chi connectivity index (χ2v) is 5.33. The van der Waals surface area contributed by atoms with Crippen LogP contribution in [-0.2, 0) is 0 Å². The Bertz CT molecular complexity index is 379. The van der Waals surface area contributed by atoms with Gasteiger partial charge in [-0.2, -0.15) is 0 Å². The van der Waals surface area contributed by atoms with Crippen LogP contribution in [0.3, 0.4) is 0 Å². The third-order valence-electron chi connectivity index (χ3n) is 3.74. The van der Waals surface area contributed by atoms with Crippen molar-refractivity contribution in [3.8, 4) is 5.75 Å². The van der Waals surface area contributed by atoms with Crippen LogP contribution >= 0.6 is 0 Å². The Morgan fingerprint density at radius 1 is 1.44 bits per heavy atom. The first kappa shape index (κ1) is 13.2. The summed E-state index contributed by atoms with van der Waals surface area (Å²) >= 11 is 0. The van der Waals surface area contributed by atoms with E-state index in [1.807, 2.05) is 12.1 Å². The maximum absolute atomic E-state index is 5.83. The zero-order valence-corrected chi connectivity index (χ0v) is 11.4. The number of methoxy groups -OCH3 is 1. The molecule has 0 amide bonds. The van der Waals surface area contributed by atoms with Gasteiger partial charge in [0.2, 0.25) is 0 Å². The minimum atomic E-state index is 0.324. The molecule has 0 radical (unpaired) electrons. The summed E-state index contributed by atoms with van der Waals surface area (Å²) in [5.74, 6) is 1.76. The first-order valence-electron chi connectivity index (χ1n) is 6.84. The largest absolute Gasteiger partial charge is 0.495 e. The number of anilines is 1. The number of hydrogen-bond acceptors (Lipinski definition) is 3. The zero-order chi connectivity index (χ0) is 13.0. The van der Waals surface area contributed by atoms with Crippen LogP contribution in [0.15, 0.2) is 24.3 Å². The van der Waals surface area contributed by atoms with Crippen molar-refractivity contribution >= 4 is 5.69 Å². The Morgan fingerprint density at radius 2 is 2.22 bits per heavy atom. The van der Waals surface area contributed by atoms with Gasteiger partial charge in [0.05, 0.1) is 12.8 Å². The van der Waals surface area contributed by atoms with Gasteiger partial charge in [-0.15, -0.1) is 0 Å². The zero-order valence-electron chi connectivity index (χ0n) is 11.4. The van der Waals surface area contributed by atoms with Crippen molar-refractivity contribution in [1.29, 1.82) is 0 Å². The smallest absolute Gasteiger partial charge is 0.142 e.